The van der Waals surface area contributed by atoms with E-state index >= 15 is 0 Å². The first-order valence-corrected chi connectivity index (χ1v) is 8.26. The Morgan fingerprint density at radius 3 is 2.35 bits per heavy atom. The summed E-state index contributed by atoms with van der Waals surface area (Å²) in [7, 11) is 1.60. The number of benzene rings is 3. The summed E-state index contributed by atoms with van der Waals surface area (Å²) in [5.41, 5.74) is 2.88. The maximum Gasteiger partial charge on any atom is 0.262 e. The molecule has 0 fully saturated rings. The lowest BCUT2D eigenvalue weighted by Crippen LogP contribution is -2.43. The van der Waals surface area contributed by atoms with Crippen molar-refractivity contribution in [2.45, 2.75) is 6.17 Å². The van der Waals surface area contributed by atoms with Crippen LogP contribution in [0.4, 0.5) is 15.8 Å². The summed E-state index contributed by atoms with van der Waals surface area (Å²) in [4.78, 5) is 14.9. The molecule has 3 aromatic rings. The molecular weight excluding hydrogens is 331 g/mol. The molecular formula is C21H17FN2O2. The van der Waals surface area contributed by atoms with Crippen LogP contribution in [-0.2, 0) is 0 Å². The first-order valence-electron chi connectivity index (χ1n) is 8.26. The van der Waals surface area contributed by atoms with Crippen LogP contribution < -0.4 is 15.0 Å². The molecule has 5 heteroatoms. The quantitative estimate of drug-likeness (QED) is 0.752. The van der Waals surface area contributed by atoms with Crippen molar-refractivity contribution in [3.05, 3.63) is 89.7 Å². The minimum atomic E-state index is -0.439. The number of fused-ring (bicyclic) bond motifs is 1. The van der Waals surface area contributed by atoms with E-state index in [0.29, 0.717) is 11.3 Å². The van der Waals surface area contributed by atoms with Crippen LogP contribution in [0.1, 0.15) is 22.1 Å². The maximum absolute atomic E-state index is 13.4. The molecule has 26 heavy (non-hydrogen) atoms. The van der Waals surface area contributed by atoms with Crippen molar-refractivity contribution in [1.29, 1.82) is 0 Å². The van der Waals surface area contributed by atoms with Gasteiger partial charge in [-0.1, -0.05) is 24.3 Å². The Labute approximate surface area is 150 Å². The highest BCUT2D eigenvalue weighted by Gasteiger charge is 2.33. The molecule has 1 heterocycles. The van der Waals surface area contributed by atoms with Gasteiger partial charge in [0.2, 0.25) is 0 Å². The Morgan fingerprint density at radius 1 is 0.962 bits per heavy atom. The van der Waals surface area contributed by atoms with Crippen LogP contribution in [0, 0.1) is 5.82 Å². The first-order chi connectivity index (χ1) is 12.7. The molecule has 0 bridgehead atoms. The third-order valence-corrected chi connectivity index (χ3v) is 4.46. The van der Waals surface area contributed by atoms with Gasteiger partial charge in [-0.05, 0) is 54.1 Å². The van der Waals surface area contributed by atoms with Crippen molar-refractivity contribution in [3.8, 4) is 5.75 Å². The maximum atomic E-state index is 13.4. The first kappa shape index (κ1) is 16.1. The van der Waals surface area contributed by atoms with Gasteiger partial charge in [0.25, 0.3) is 5.91 Å². The van der Waals surface area contributed by atoms with E-state index in [0.717, 1.165) is 16.9 Å². The van der Waals surface area contributed by atoms with E-state index in [2.05, 4.69) is 5.32 Å². The molecule has 1 aliphatic rings. The molecule has 0 aromatic heterocycles. The smallest absolute Gasteiger partial charge is 0.262 e. The monoisotopic (exact) mass is 348 g/mol. The zero-order chi connectivity index (χ0) is 18.1. The Hall–Kier alpha value is -3.34. The SMILES string of the molecule is COc1ccc(N2C(=O)c3ccccc3N[C@H]2c2ccc(F)cc2)cc1. The minimum Gasteiger partial charge on any atom is -0.497 e. The number of nitrogens with zero attached hydrogens (tertiary/aromatic N) is 1. The fraction of sp³-hybridized carbons (Fsp3) is 0.0952. The van der Waals surface area contributed by atoms with Gasteiger partial charge in [0, 0.05) is 11.4 Å². The number of hydrogen-bond acceptors (Lipinski definition) is 3. The predicted molar refractivity (Wildman–Crippen MR) is 99.0 cm³/mol. The molecule has 0 radical (unpaired) electrons. The Balaban J connectivity index is 1.82. The highest BCUT2D eigenvalue weighted by molar-refractivity contribution is 6.12. The van der Waals surface area contributed by atoms with E-state index in [9.17, 15) is 9.18 Å². The summed E-state index contributed by atoms with van der Waals surface area (Å²) in [6.45, 7) is 0. The summed E-state index contributed by atoms with van der Waals surface area (Å²) in [6.07, 6.45) is -0.439. The normalized spacial score (nSPS) is 16.0. The van der Waals surface area contributed by atoms with Gasteiger partial charge in [-0.3, -0.25) is 9.69 Å². The fourth-order valence-corrected chi connectivity index (χ4v) is 3.14. The lowest BCUT2D eigenvalue weighted by Gasteiger charge is -2.38. The number of anilines is 2. The Bertz CT molecular complexity index is 939. The van der Waals surface area contributed by atoms with E-state index in [-0.39, 0.29) is 11.7 Å². The minimum absolute atomic E-state index is 0.112. The third-order valence-electron chi connectivity index (χ3n) is 4.46. The van der Waals surface area contributed by atoms with Crippen LogP contribution in [0.25, 0.3) is 0 Å². The summed E-state index contributed by atoms with van der Waals surface area (Å²) in [5, 5.41) is 3.39. The van der Waals surface area contributed by atoms with E-state index in [4.69, 9.17) is 4.74 Å². The number of rotatable bonds is 3. The zero-order valence-corrected chi connectivity index (χ0v) is 14.1. The van der Waals surface area contributed by atoms with Gasteiger partial charge in [0.1, 0.15) is 17.7 Å². The van der Waals surface area contributed by atoms with E-state index in [1.54, 1.807) is 30.2 Å². The van der Waals surface area contributed by atoms with E-state index in [1.807, 2.05) is 42.5 Å². The van der Waals surface area contributed by atoms with Crippen LogP contribution in [0.2, 0.25) is 0 Å². The van der Waals surface area contributed by atoms with Crippen LogP contribution in [0.15, 0.2) is 72.8 Å². The number of para-hydroxylation sites is 1. The number of amides is 1. The van der Waals surface area contributed by atoms with Crippen molar-refractivity contribution >= 4 is 17.3 Å². The van der Waals surface area contributed by atoms with Crippen LogP contribution in [0.3, 0.4) is 0 Å². The second kappa shape index (κ2) is 6.52. The van der Waals surface area contributed by atoms with Crippen LogP contribution in [0.5, 0.6) is 5.75 Å². The van der Waals surface area contributed by atoms with Gasteiger partial charge in [0.05, 0.1) is 12.7 Å². The second-order valence-corrected chi connectivity index (χ2v) is 6.02. The van der Waals surface area contributed by atoms with Crippen molar-refractivity contribution in [2.24, 2.45) is 0 Å². The molecule has 0 spiro atoms. The van der Waals surface area contributed by atoms with Gasteiger partial charge >= 0.3 is 0 Å². The molecule has 4 rings (SSSR count). The number of methoxy groups -OCH3 is 1. The van der Waals surface area contributed by atoms with Crippen LogP contribution in [-0.4, -0.2) is 13.0 Å². The molecule has 1 amide bonds. The Morgan fingerprint density at radius 2 is 1.65 bits per heavy atom. The molecule has 0 unspecified atom stereocenters. The summed E-state index contributed by atoms with van der Waals surface area (Å²) in [5.74, 6) is 0.288. The summed E-state index contributed by atoms with van der Waals surface area (Å²) in [6, 6.07) is 20.8. The molecule has 130 valence electrons. The van der Waals surface area contributed by atoms with Gasteiger partial charge in [0.15, 0.2) is 0 Å². The highest BCUT2D eigenvalue weighted by atomic mass is 19.1. The lowest BCUT2D eigenvalue weighted by molar-refractivity contribution is 0.0975. The van der Waals surface area contributed by atoms with Gasteiger partial charge < -0.3 is 10.1 Å². The summed E-state index contributed by atoms with van der Waals surface area (Å²) < 4.78 is 18.6. The van der Waals surface area contributed by atoms with Crippen molar-refractivity contribution in [1.82, 2.24) is 0 Å². The fourth-order valence-electron chi connectivity index (χ4n) is 3.14. The third kappa shape index (κ3) is 2.77. The molecule has 0 aliphatic carbocycles. The van der Waals surface area contributed by atoms with Crippen LogP contribution >= 0.6 is 0 Å². The molecule has 3 aromatic carbocycles. The van der Waals surface area contributed by atoms with Gasteiger partial charge in [-0.2, -0.15) is 0 Å². The molecule has 0 saturated carbocycles. The van der Waals surface area contributed by atoms with E-state index in [1.165, 1.54) is 12.1 Å². The zero-order valence-electron chi connectivity index (χ0n) is 14.1. The number of nitrogens with one attached hydrogen (secondary N) is 1. The highest BCUT2D eigenvalue weighted by Crippen LogP contribution is 2.37. The molecule has 0 saturated heterocycles. The average Bonchev–Trinajstić information content (AvgIpc) is 2.69. The number of carbonyl (C=O) groups excluding carboxylic acids is 1. The van der Waals surface area contributed by atoms with Gasteiger partial charge in [-0.15, -0.1) is 0 Å². The largest absolute Gasteiger partial charge is 0.497 e. The van der Waals surface area contributed by atoms with Crippen molar-refractivity contribution in [2.75, 3.05) is 17.3 Å². The Kier molecular flexibility index (Phi) is 4.05. The number of ether oxygens (including phenoxy) is 1. The second-order valence-electron chi connectivity index (χ2n) is 6.02. The number of halogens is 1. The van der Waals surface area contributed by atoms with Crippen molar-refractivity contribution < 1.29 is 13.9 Å². The number of hydrogen-bond donors (Lipinski definition) is 1. The number of carbonyl (C=O) groups is 1. The molecule has 4 nitrogen and oxygen atoms in total. The van der Waals surface area contributed by atoms with E-state index < -0.39 is 6.17 Å². The average molecular weight is 348 g/mol. The predicted octanol–water partition coefficient (Wildman–Crippen LogP) is 4.61. The molecule has 1 N–H and O–H groups in total. The topological polar surface area (TPSA) is 41.6 Å². The van der Waals surface area contributed by atoms with Crippen molar-refractivity contribution in [3.63, 3.8) is 0 Å². The lowest BCUT2D eigenvalue weighted by atomic mass is 10.0. The summed E-state index contributed by atoms with van der Waals surface area (Å²) >= 11 is 0. The molecule has 1 atom stereocenters. The van der Waals surface area contributed by atoms with Gasteiger partial charge in [-0.25, -0.2) is 4.39 Å². The molecule has 1 aliphatic heterocycles. The standard InChI is InChI=1S/C21H17FN2O2/c1-26-17-12-10-16(11-13-17)24-20(14-6-8-15(22)9-7-14)23-19-5-3-2-4-18(19)21(24)25/h2-13,20,23H,1H3/t20-/m1/s1.